The van der Waals surface area contributed by atoms with Crippen molar-refractivity contribution in [3.05, 3.63) is 29.8 Å². The number of rotatable bonds is 8. The Kier molecular flexibility index (Phi) is 5.44. The van der Waals surface area contributed by atoms with Gasteiger partial charge in [0.05, 0.1) is 0 Å². The third kappa shape index (κ3) is 4.93. The summed E-state index contributed by atoms with van der Waals surface area (Å²) in [5, 5.41) is 11.6. The fourth-order valence-electron chi connectivity index (χ4n) is 2.25. The van der Waals surface area contributed by atoms with E-state index in [4.69, 9.17) is 15.7 Å². The second-order valence-electron chi connectivity index (χ2n) is 5.89. The smallest absolute Gasteiger partial charge is 0.170 e. The zero-order valence-corrected chi connectivity index (χ0v) is 12.8. The van der Waals surface area contributed by atoms with Crippen molar-refractivity contribution in [3.8, 4) is 5.75 Å². The number of nitrogens with two attached hydrogens (primary N) is 1. The number of amidine groups is 1. The molecular weight excluding hydrogens is 266 g/mol. The van der Waals surface area contributed by atoms with Crippen LogP contribution in [0.15, 0.2) is 29.4 Å². The number of nitrogens with zero attached hydrogens (tertiary/aromatic N) is 2. The van der Waals surface area contributed by atoms with Gasteiger partial charge in [0.1, 0.15) is 12.4 Å². The molecule has 0 heterocycles. The third-order valence-electron chi connectivity index (χ3n) is 3.82. The van der Waals surface area contributed by atoms with Gasteiger partial charge in [-0.25, -0.2) is 0 Å². The van der Waals surface area contributed by atoms with Crippen LogP contribution >= 0.6 is 0 Å². The van der Waals surface area contributed by atoms with Gasteiger partial charge in [-0.15, -0.1) is 0 Å². The predicted octanol–water partition coefficient (Wildman–Crippen LogP) is 2.28. The van der Waals surface area contributed by atoms with Crippen molar-refractivity contribution in [2.45, 2.75) is 32.7 Å². The zero-order valence-electron chi connectivity index (χ0n) is 12.8. The number of benzene rings is 1. The van der Waals surface area contributed by atoms with Gasteiger partial charge in [0.2, 0.25) is 0 Å². The molecule has 3 N–H and O–H groups in total. The molecule has 21 heavy (non-hydrogen) atoms. The molecule has 1 saturated carbocycles. The van der Waals surface area contributed by atoms with E-state index in [9.17, 15) is 0 Å². The van der Waals surface area contributed by atoms with Gasteiger partial charge in [-0.1, -0.05) is 5.16 Å². The van der Waals surface area contributed by atoms with E-state index in [0.29, 0.717) is 18.2 Å². The largest absolute Gasteiger partial charge is 0.492 e. The van der Waals surface area contributed by atoms with Crippen molar-refractivity contribution in [2.24, 2.45) is 16.8 Å². The van der Waals surface area contributed by atoms with Crippen molar-refractivity contribution in [2.75, 3.05) is 19.7 Å². The standard InChI is InChI=1S/C16H25N3O2/c1-12(2)19(11-13-3-4-13)9-10-21-15-7-5-14(6-8-15)16(17)18-20/h5-8,12-13,20H,3-4,9-11H2,1-2H3,(H2,17,18). The Bertz CT molecular complexity index is 467. The Morgan fingerprint density at radius 2 is 2.05 bits per heavy atom. The highest BCUT2D eigenvalue weighted by Gasteiger charge is 2.25. The van der Waals surface area contributed by atoms with Crippen molar-refractivity contribution in [1.82, 2.24) is 4.90 Å². The van der Waals surface area contributed by atoms with Gasteiger partial charge in [0.25, 0.3) is 0 Å². The Morgan fingerprint density at radius 1 is 1.38 bits per heavy atom. The molecule has 1 aromatic rings. The summed E-state index contributed by atoms with van der Waals surface area (Å²) >= 11 is 0. The van der Waals surface area contributed by atoms with Crippen LogP contribution in [-0.2, 0) is 0 Å². The molecule has 0 radical (unpaired) electrons. The molecule has 5 nitrogen and oxygen atoms in total. The van der Waals surface area contributed by atoms with Gasteiger partial charge in [0.15, 0.2) is 5.84 Å². The molecule has 0 spiro atoms. The second kappa shape index (κ2) is 7.31. The van der Waals surface area contributed by atoms with Crippen molar-refractivity contribution < 1.29 is 9.94 Å². The first kappa shape index (κ1) is 15.6. The van der Waals surface area contributed by atoms with Gasteiger partial charge in [-0.05, 0) is 56.9 Å². The van der Waals surface area contributed by atoms with Crippen molar-refractivity contribution >= 4 is 5.84 Å². The van der Waals surface area contributed by atoms with Gasteiger partial charge in [-0.2, -0.15) is 0 Å². The Morgan fingerprint density at radius 3 is 2.57 bits per heavy atom. The van der Waals surface area contributed by atoms with Crippen LogP contribution in [0.3, 0.4) is 0 Å². The SMILES string of the molecule is CC(C)N(CCOc1ccc(C(N)=NO)cc1)CC1CC1. The average Bonchev–Trinajstić information content (AvgIpc) is 3.30. The van der Waals surface area contributed by atoms with Gasteiger partial charge in [-0.3, -0.25) is 4.90 Å². The average molecular weight is 291 g/mol. The minimum atomic E-state index is 0.108. The van der Waals surface area contributed by atoms with Crippen LogP contribution in [0.4, 0.5) is 0 Å². The molecular formula is C16H25N3O2. The molecule has 0 bridgehead atoms. The maximum atomic E-state index is 8.62. The van der Waals surface area contributed by atoms with Crippen LogP contribution in [-0.4, -0.2) is 41.7 Å². The molecule has 0 unspecified atom stereocenters. The normalized spacial score (nSPS) is 15.7. The van der Waals surface area contributed by atoms with Crippen molar-refractivity contribution in [3.63, 3.8) is 0 Å². The topological polar surface area (TPSA) is 71.1 Å². The number of hydrogen-bond acceptors (Lipinski definition) is 4. The number of hydrogen-bond donors (Lipinski definition) is 2. The molecule has 116 valence electrons. The fraction of sp³-hybridized carbons (Fsp3) is 0.562. The predicted molar refractivity (Wildman–Crippen MR) is 83.9 cm³/mol. The monoisotopic (exact) mass is 291 g/mol. The van der Waals surface area contributed by atoms with E-state index < -0.39 is 0 Å². The van der Waals surface area contributed by atoms with E-state index in [1.807, 2.05) is 12.1 Å². The Labute approximate surface area is 126 Å². The molecule has 1 aliphatic carbocycles. The van der Waals surface area contributed by atoms with Crippen LogP contribution in [0, 0.1) is 5.92 Å². The highest BCUT2D eigenvalue weighted by atomic mass is 16.5. The van der Waals surface area contributed by atoms with E-state index in [2.05, 4.69) is 23.9 Å². The summed E-state index contributed by atoms with van der Waals surface area (Å²) in [5.74, 6) is 1.81. The summed E-state index contributed by atoms with van der Waals surface area (Å²) in [6.07, 6.45) is 2.75. The van der Waals surface area contributed by atoms with Gasteiger partial charge >= 0.3 is 0 Å². The van der Waals surface area contributed by atoms with Crippen LogP contribution in [0.25, 0.3) is 0 Å². The number of oxime groups is 1. The summed E-state index contributed by atoms with van der Waals surface area (Å²) in [7, 11) is 0. The molecule has 0 atom stereocenters. The lowest BCUT2D eigenvalue weighted by Crippen LogP contribution is -2.36. The summed E-state index contributed by atoms with van der Waals surface area (Å²) in [6.45, 7) is 7.26. The lowest BCUT2D eigenvalue weighted by atomic mass is 10.2. The molecule has 1 aliphatic rings. The summed E-state index contributed by atoms with van der Waals surface area (Å²) < 4.78 is 5.77. The Balaban J connectivity index is 1.79. The fourth-order valence-corrected chi connectivity index (χ4v) is 2.25. The molecule has 0 saturated heterocycles. The summed E-state index contributed by atoms with van der Waals surface area (Å²) in [6, 6.07) is 7.81. The van der Waals surface area contributed by atoms with E-state index in [1.165, 1.54) is 19.4 Å². The first-order chi connectivity index (χ1) is 10.1. The highest BCUT2D eigenvalue weighted by Crippen LogP contribution is 2.30. The molecule has 2 rings (SSSR count). The lowest BCUT2D eigenvalue weighted by molar-refractivity contribution is 0.170. The molecule has 1 aromatic carbocycles. The second-order valence-corrected chi connectivity index (χ2v) is 5.89. The van der Waals surface area contributed by atoms with E-state index in [-0.39, 0.29) is 5.84 Å². The quantitative estimate of drug-likeness (QED) is 0.334. The first-order valence-corrected chi connectivity index (χ1v) is 7.55. The van der Waals surface area contributed by atoms with E-state index in [1.54, 1.807) is 12.1 Å². The third-order valence-corrected chi connectivity index (χ3v) is 3.82. The van der Waals surface area contributed by atoms with Crippen LogP contribution in [0.5, 0.6) is 5.75 Å². The van der Waals surface area contributed by atoms with Gasteiger partial charge < -0.3 is 15.7 Å². The first-order valence-electron chi connectivity index (χ1n) is 7.55. The minimum Gasteiger partial charge on any atom is -0.492 e. The molecule has 0 aliphatic heterocycles. The van der Waals surface area contributed by atoms with E-state index in [0.717, 1.165) is 18.2 Å². The van der Waals surface area contributed by atoms with Crippen molar-refractivity contribution in [1.29, 1.82) is 0 Å². The number of ether oxygens (including phenoxy) is 1. The molecule has 1 fully saturated rings. The zero-order chi connectivity index (χ0) is 15.2. The van der Waals surface area contributed by atoms with Crippen LogP contribution in [0.2, 0.25) is 0 Å². The summed E-state index contributed by atoms with van der Waals surface area (Å²) in [5.41, 5.74) is 6.20. The van der Waals surface area contributed by atoms with Gasteiger partial charge in [0, 0.05) is 24.7 Å². The molecule has 0 amide bonds. The maximum absolute atomic E-state index is 8.62. The minimum absolute atomic E-state index is 0.108. The summed E-state index contributed by atoms with van der Waals surface area (Å²) in [4.78, 5) is 2.47. The highest BCUT2D eigenvalue weighted by molar-refractivity contribution is 5.97. The molecule has 5 heteroatoms. The molecule has 0 aromatic heterocycles. The van der Waals surface area contributed by atoms with Crippen LogP contribution < -0.4 is 10.5 Å². The Hall–Kier alpha value is -1.75. The lowest BCUT2D eigenvalue weighted by Gasteiger charge is -2.26. The van der Waals surface area contributed by atoms with E-state index >= 15 is 0 Å². The maximum Gasteiger partial charge on any atom is 0.170 e. The van der Waals surface area contributed by atoms with Crippen LogP contribution in [0.1, 0.15) is 32.3 Å².